The zero-order chi connectivity index (χ0) is 13.1. The lowest BCUT2D eigenvalue weighted by Crippen LogP contribution is -2.02. The van der Waals surface area contributed by atoms with Gasteiger partial charge in [0.1, 0.15) is 12.7 Å². The number of rotatable bonds is 3. The lowest BCUT2D eigenvalue weighted by Gasteiger charge is -2.07. The molecule has 7 nitrogen and oxygen atoms in total. The number of aryl methyl sites for hydroxylation is 1. The van der Waals surface area contributed by atoms with Gasteiger partial charge in [-0.2, -0.15) is 10.1 Å². The second-order valence-corrected chi connectivity index (χ2v) is 3.51. The van der Waals surface area contributed by atoms with Crippen molar-refractivity contribution in [1.29, 1.82) is 0 Å². The summed E-state index contributed by atoms with van der Waals surface area (Å²) >= 11 is 0. The van der Waals surface area contributed by atoms with Crippen LogP contribution in [0.4, 0.5) is 5.69 Å². The fraction of sp³-hybridized carbons (Fsp3) is 0.0909. The SMILES string of the molecule is Cc1cc(-n2cncn2)cc(C(=O)O)c1N=C=O. The standard InChI is InChI=1S/C11H8N4O3/c1-7-2-8(15-5-12-4-14-15)3-9(11(17)18)10(7)13-6-16/h2-5H,1H3,(H,17,18). The number of hydrogen-bond acceptors (Lipinski definition) is 5. The van der Waals surface area contributed by atoms with Crippen molar-refractivity contribution < 1.29 is 14.7 Å². The van der Waals surface area contributed by atoms with Crippen LogP contribution in [-0.2, 0) is 4.79 Å². The van der Waals surface area contributed by atoms with Gasteiger partial charge in [-0.1, -0.05) is 0 Å². The van der Waals surface area contributed by atoms with E-state index in [1.165, 1.54) is 29.5 Å². The monoisotopic (exact) mass is 244 g/mol. The maximum absolute atomic E-state index is 11.1. The van der Waals surface area contributed by atoms with E-state index in [1.54, 1.807) is 13.0 Å². The van der Waals surface area contributed by atoms with Crippen molar-refractivity contribution in [2.45, 2.75) is 6.92 Å². The van der Waals surface area contributed by atoms with E-state index < -0.39 is 5.97 Å². The fourth-order valence-electron chi connectivity index (χ4n) is 1.59. The largest absolute Gasteiger partial charge is 0.478 e. The molecule has 0 atom stereocenters. The number of benzene rings is 1. The van der Waals surface area contributed by atoms with Crippen LogP contribution in [-0.4, -0.2) is 31.9 Å². The minimum absolute atomic E-state index is 0.0798. The van der Waals surface area contributed by atoms with Gasteiger partial charge in [0.25, 0.3) is 0 Å². The molecule has 1 N–H and O–H groups in total. The third-order valence-electron chi connectivity index (χ3n) is 2.36. The molecule has 2 rings (SSSR count). The van der Waals surface area contributed by atoms with Gasteiger partial charge in [0, 0.05) is 0 Å². The average Bonchev–Trinajstić information content (AvgIpc) is 2.84. The molecule has 0 amide bonds. The Morgan fingerprint density at radius 1 is 1.50 bits per heavy atom. The minimum atomic E-state index is -1.17. The molecule has 0 radical (unpaired) electrons. The molecule has 0 aliphatic rings. The number of aliphatic imine (C=N–C) groups is 1. The lowest BCUT2D eigenvalue weighted by molar-refractivity contribution is 0.0697. The molecular formula is C11H8N4O3. The van der Waals surface area contributed by atoms with E-state index in [4.69, 9.17) is 5.11 Å². The number of carboxylic acids is 1. The predicted octanol–water partition coefficient (Wildman–Crippen LogP) is 1.24. The first-order valence-corrected chi connectivity index (χ1v) is 4.94. The fourth-order valence-corrected chi connectivity index (χ4v) is 1.59. The van der Waals surface area contributed by atoms with Crippen molar-refractivity contribution >= 4 is 17.7 Å². The molecule has 7 heteroatoms. The molecule has 0 spiro atoms. The summed E-state index contributed by atoms with van der Waals surface area (Å²) in [6.45, 7) is 1.66. The van der Waals surface area contributed by atoms with E-state index in [0.29, 0.717) is 11.3 Å². The molecule has 2 aromatic rings. The Balaban J connectivity index is 2.68. The summed E-state index contributed by atoms with van der Waals surface area (Å²) in [7, 11) is 0. The van der Waals surface area contributed by atoms with Gasteiger partial charge >= 0.3 is 5.97 Å². The first kappa shape index (κ1) is 11.7. The van der Waals surface area contributed by atoms with E-state index in [2.05, 4.69) is 15.1 Å². The van der Waals surface area contributed by atoms with Crippen LogP contribution in [0.1, 0.15) is 15.9 Å². The number of nitrogens with zero attached hydrogens (tertiary/aromatic N) is 4. The van der Waals surface area contributed by atoms with Gasteiger partial charge in [0.05, 0.1) is 16.9 Å². The number of carbonyl (C=O) groups is 1. The quantitative estimate of drug-likeness (QED) is 0.647. The summed E-state index contributed by atoms with van der Waals surface area (Å²) in [6.07, 6.45) is 4.14. The molecule has 0 aliphatic heterocycles. The summed E-state index contributed by atoms with van der Waals surface area (Å²) in [5.41, 5.74) is 1.10. The van der Waals surface area contributed by atoms with Gasteiger partial charge in [-0.15, -0.1) is 0 Å². The molecule has 0 saturated heterocycles. The Morgan fingerprint density at radius 2 is 2.28 bits per heavy atom. The third kappa shape index (κ3) is 2.02. The second kappa shape index (κ2) is 4.60. The number of carboxylic acid groups (broad SMARTS) is 1. The Bertz CT molecular complexity index is 643. The molecule has 0 unspecified atom stereocenters. The van der Waals surface area contributed by atoms with Crippen molar-refractivity contribution in [2.24, 2.45) is 4.99 Å². The number of isocyanates is 1. The van der Waals surface area contributed by atoms with Gasteiger partial charge in [0.15, 0.2) is 0 Å². The van der Waals surface area contributed by atoms with Crippen LogP contribution < -0.4 is 0 Å². The van der Waals surface area contributed by atoms with Crippen LogP contribution >= 0.6 is 0 Å². The lowest BCUT2D eigenvalue weighted by atomic mass is 10.1. The van der Waals surface area contributed by atoms with Crippen LogP contribution in [0, 0.1) is 6.92 Å². The van der Waals surface area contributed by atoms with Crippen LogP contribution in [0.25, 0.3) is 5.69 Å². The van der Waals surface area contributed by atoms with Crippen LogP contribution in [0.3, 0.4) is 0 Å². The van der Waals surface area contributed by atoms with Crippen LogP contribution in [0.5, 0.6) is 0 Å². The van der Waals surface area contributed by atoms with E-state index >= 15 is 0 Å². The third-order valence-corrected chi connectivity index (χ3v) is 2.36. The molecule has 0 aliphatic carbocycles. The van der Waals surface area contributed by atoms with Crippen LogP contribution in [0.2, 0.25) is 0 Å². The van der Waals surface area contributed by atoms with Gasteiger partial charge in [0.2, 0.25) is 6.08 Å². The predicted molar refractivity (Wildman–Crippen MR) is 60.8 cm³/mol. The average molecular weight is 244 g/mol. The Hall–Kier alpha value is -2.79. The molecule has 1 heterocycles. The highest BCUT2D eigenvalue weighted by Gasteiger charge is 2.15. The van der Waals surface area contributed by atoms with Gasteiger partial charge in [-0.3, -0.25) is 0 Å². The zero-order valence-electron chi connectivity index (χ0n) is 9.36. The summed E-state index contributed by atoms with van der Waals surface area (Å²) in [5.74, 6) is -1.17. The highest BCUT2D eigenvalue weighted by molar-refractivity contribution is 5.95. The van der Waals surface area contributed by atoms with E-state index in [0.717, 1.165) is 0 Å². The number of aromatic nitrogens is 3. The Labute approximate surface area is 101 Å². The number of carbonyl (C=O) groups excluding carboxylic acids is 1. The molecule has 0 saturated carbocycles. The van der Waals surface area contributed by atoms with E-state index in [9.17, 15) is 9.59 Å². The van der Waals surface area contributed by atoms with Gasteiger partial charge in [-0.05, 0) is 24.6 Å². The maximum Gasteiger partial charge on any atom is 0.338 e. The molecule has 0 bridgehead atoms. The normalized spacial score (nSPS) is 9.83. The molecule has 18 heavy (non-hydrogen) atoms. The van der Waals surface area contributed by atoms with E-state index in [1.807, 2.05) is 0 Å². The van der Waals surface area contributed by atoms with Crippen LogP contribution in [0.15, 0.2) is 29.8 Å². The number of hydrogen-bond donors (Lipinski definition) is 1. The van der Waals surface area contributed by atoms with Crippen molar-refractivity contribution in [3.05, 3.63) is 35.9 Å². The smallest absolute Gasteiger partial charge is 0.338 e. The first-order valence-electron chi connectivity index (χ1n) is 4.94. The first-order chi connectivity index (χ1) is 8.63. The molecule has 90 valence electrons. The highest BCUT2D eigenvalue weighted by atomic mass is 16.4. The maximum atomic E-state index is 11.1. The summed E-state index contributed by atoms with van der Waals surface area (Å²) in [6, 6.07) is 3.04. The van der Waals surface area contributed by atoms with Gasteiger partial charge in [-0.25, -0.2) is 19.3 Å². The summed E-state index contributed by atoms with van der Waals surface area (Å²) in [4.78, 5) is 28.6. The molecule has 0 fully saturated rings. The topological polar surface area (TPSA) is 97.4 Å². The van der Waals surface area contributed by atoms with Crippen molar-refractivity contribution in [1.82, 2.24) is 14.8 Å². The molecule has 1 aromatic heterocycles. The highest BCUT2D eigenvalue weighted by Crippen LogP contribution is 2.26. The molecular weight excluding hydrogens is 236 g/mol. The van der Waals surface area contributed by atoms with E-state index in [-0.39, 0.29) is 11.3 Å². The second-order valence-electron chi connectivity index (χ2n) is 3.51. The van der Waals surface area contributed by atoms with Crippen molar-refractivity contribution in [3.63, 3.8) is 0 Å². The Morgan fingerprint density at radius 3 is 2.83 bits per heavy atom. The number of aromatic carboxylic acids is 1. The summed E-state index contributed by atoms with van der Waals surface area (Å²) in [5, 5.41) is 13.0. The van der Waals surface area contributed by atoms with Gasteiger partial charge < -0.3 is 5.11 Å². The molecule has 1 aromatic carbocycles. The minimum Gasteiger partial charge on any atom is -0.478 e. The summed E-state index contributed by atoms with van der Waals surface area (Å²) < 4.78 is 1.42. The van der Waals surface area contributed by atoms with Crippen molar-refractivity contribution in [3.8, 4) is 5.69 Å². The Kier molecular flexibility index (Phi) is 2.99. The van der Waals surface area contributed by atoms with Crippen molar-refractivity contribution in [2.75, 3.05) is 0 Å². The zero-order valence-corrected chi connectivity index (χ0v) is 9.36.